The minimum absolute atomic E-state index is 0.448. The van der Waals surface area contributed by atoms with Crippen LogP contribution in [0.15, 0.2) is 65.8 Å². The van der Waals surface area contributed by atoms with E-state index in [9.17, 15) is 0 Å². The molecule has 0 spiro atoms. The second-order valence-electron chi connectivity index (χ2n) is 8.03. The highest BCUT2D eigenvalue weighted by atomic mass is 32.1. The number of H-pyrrole nitrogens is 1. The maximum absolute atomic E-state index is 5.59. The van der Waals surface area contributed by atoms with Crippen molar-refractivity contribution in [3.63, 3.8) is 0 Å². The van der Waals surface area contributed by atoms with Gasteiger partial charge < -0.3 is 15.6 Å². The lowest BCUT2D eigenvalue weighted by Crippen LogP contribution is -2.39. The number of aromatic nitrogens is 3. The van der Waals surface area contributed by atoms with Gasteiger partial charge in [-0.3, -0.25) is 10.3 Å². The summed E-state index contributed by atoms with van der Waals surface area (Å²) in [6, 6.07) is 18.3. The number of aryl methyl sites for hydroxylation is 3. The average Bonchev–Trinajstić information content (AvgIpc) is 3.22. The number of fused-ring (bicyclic) bond motifs is 1. The smallest absolute Gasteiger partial charge is 0.229 e. The van der Waals surface area contributed by atoms with Gasteiger partial charge in [0.1, 0.15) is 0 Å². The lowest BCUT2D eigenvalue weighted by atomic mass is 10.1. The number of aliphatic imine (C=N–C) groups is 1. The summed E-state index contributed by atoms with van der Waals surface area (Å²) in [4.78, 5) is 17.0. The van der Waals surface area contributed by atoms with Crippen LogP contribution in [-0.4, -0.2) is 32.6 Å². The van der Waals surface area contributed by atoms with E-state index in [-0.39, 0.29) is 0 Å². The summed E-state index contributed by atoms with van der Waals surface area (Å²) < 4.78 is 0. The van der Waals surface area contributed by atoms with Crippen molar-refractivity contribution in [3.05, 3.63) is 83.3 Å². The van der Waals surface area contributed by atoms with Crippen molar-refractivity contribution in [2.45, 2.75) is 33.6 Å². The van der Waals surface area contributed by atoms with Crippen LogP contribution in [0.3, 0.4) is 0 Å². The molecule has 2 aromatic carbocycles. The number of nitrogens with zero attached hydrogens (tertiary/aromatic N) is 3. The predicted octanol–water partition coefficient (Wildman–Crippen LogP) is 5.13. The Balaban J connectivity index is 1.51. The zero-order valence-corrected chi connectivity index (χ0v) is 20.5. The van der Waals surface area contributed by atoms with Crippen LogP contribution in [0, 0.1) is 13.8 Å². The van der Waals surface area contributed by atoms with Crippen molar-refractivity contribution in [1.82, 2.24) is 20.3 Å². The van der Waals surface area contributed by atoms with Crippen molar-refractivity contribution >= 4 is 45.8 Å². The molecule has 0 saturated carbocycles. The van der Waals surface area contributed by atoms with Crippen molar-refractivity contribution in [2.24, 2.45) is 4.99 Å². The van der Waals surface area contributed by atoms with Crippen LogP contribution in [0.4, 0.5) is 11.6 Å². The van der Waals surface area contributed by atoms with E-state index in [2.05, 4.69) is 56.0 Å². The second-order valence-corrected chi connectivity index (χ2v) is 8.44. The van der Waals surface area contributed by atoms with Gasteiger partial charge in [-0.1, -0.05) is 43.3 Å². The Kier molecular flexibility index (Phi) is 7.49. The maximum Gasteiger partial charge on any atom is 0.229 e. The quantitative estimate of drug-likeness (QED) is 0.177. The van der Waals surface area contributed by atoms with Gasteiger partial charge >= 0.3 is 0 Å². The highest BCUT2D eigenvalue weighted by molar-refractivity contribution is 7.80. The Morgan fingerprint density at radius 2 is 1.71 bits per heavy atom. The Labute approximate surface area is 205 Å². The second kappa shape index (κ2) is 10.9. The fourth-order valence-corrected chi connectivity index (χ4v) is 4.04. The first-order valence-electron chi connectivity index (χ1n) is 11.4. The van der Waals surface area contributed by atoms with E-state index in [1.165, 1.54) is 16.5 Å². The minimum Gasteiger partial charge on any atom is -0.361 e. The van der Waals surface area contributed by atoms with E-state index in [4.69, 9.17) is 17.2 Å². The maximum atomic E-state index is 5.59. The van der Waals surface area contributed by atoms with E-state index in [1.54, 1.807) is 0 Å². The van der Waals surface area contributed by atoms with Gasteiger partial charge in [-0.2, -0.15) is 0 Å². The largest absolute Gasteiger partial charge is 0.361 e. The summed E-state index contributed by atoms with van der Waals surface area (Å²) in [6.45, 7) is 6.56. The summed E-state index contributed by atoms with van der Waals surface area (Å²) in [5, 5.41) is 11.3. The molecule has 7 nitrogen and oxygen atoms in total. The molecule has 0 unspecified atom stereocenters. The molecule has 0 saturated heterocycles. The van der Waals surface area contributed by atoms with E-state index < -0.39 is 0 Å². The number of nitrogens with one attached hydrogen (secondary N) is 4. The zero-order chi connectivity index (χ0) is 23.9. The molecule has 0 aliphatic carbocycles. The molecule has 0 aliphatic rings. The SMILES string of the molecule is CCc1ccccc1NC(=S)NC(=NCCc1c[nH]c2ccccc12)Nc1nc(C)cc(C)n1. The first kappa shape index (κ1) is 23.4. The van der Waals surface area contributed by atoms with Gasteiger partial charge in [-0.25, -0.2) is 9.97 Å². The van der Waals surface area contributed by atoms with Gasteiger partial charge in [-0.05, 0) is 68.2 Å². The van der Waals surface area contributed by atoms with Crippen LogP contribution in [0.25, 0.3) is 10.9 Å². The molecule has 2 heterocycles. The standard InChI is InChI=1S/C26H29N7S/c1-4-19-9-5-7-11-22(19)31-26(34)33-24(32-25-29-17(2)15-18(3)30-25)27-14-13-20-16-28-23-12-8-6-10-21(20)23/h5-12,15-16,28H,4,13-14H2,1-3H3,(H3,27,29,30,31,32,33,34). The number of aromatic amines is 1. The number of para-hydroxylation sites is 2. The molecule has 0 fully saturated rings. The van der Waals surface area contributed by atoms with Gasteiger partial charge in [0.15, 0.2) is 5.11 Å². The van der Waals surface area contributed by atoms with Crippen molar-refractivity contribution in [1.29, 1.82) is 0 Å². The third kappa shape index (κ3) is 5.96. The average molecular weight is 472 g/mol. The number of guanidine groups is 1. The third-order valence-corrected chi connectivity index (χ3v) is 5.62. The van der Waals surface area contributed by atoms with Crippen LogP contribution >= 0.6 is 12.2 Å². The molecule has 174 valence electrons. The molecule has 0 amide bonds. The molecule has 0 atom stereocenters. The summed E-state index contributed by atoms with van der Waals surface area (Å²) in [7, 11) is 0. The minimum atomic E-state index is 0.448. The van der Waals surface area contributed by atoms with E-state index >= 15 is 0 Å². The van der Waals surface area contributed by atoms with Crippen LogP contribution in [0.2, 0.25) is 0 Å². The molecule has 8 heteroatoms. The first-order valence-corrected chi connectivity index (χ1v) is 11.8. The molecule has 4 aromatic rings. The first-order chi connectivity index (χ1) is 16.5. The van der Waals surface area contributed by atoms with Gasteiger partial charge in [0.25, 0.3) is 0 Å². The zero-order valence-electron chi connectivity index (χ0n) is 19.6. The molecule has 0 radical (unpaired) electrons. The predicted molar refractivity (Wildman–Crippen MR) is 145 cm³/mol. The topological polar surface area (TPSA) is 90.0 Å². The lowest BCUT2D eigenvalue weighted by molar-refractivity contribution is 0.963. The number of anilines is 2. The Bertz CT molecular complexity index is 1310. The highest BCUT2D eigenvalue weighted by Gasteiger charge is 2.09. The number of hydrogen-bond acceptors (Lipinski definition) is 4. The molecule has 0 aliphatic heterocycles. The van der Waals surface area contributed by atoms with E-state index in [0.29, 0.717) is 23.6 Å². The molecule has 34 heavy (non-hydrogen) atoms. The summed E-state index contributed by atoms with van der Waals surface area (Å²) >= 11 is 5.59. The van der Waals surface area contributed by atoms with Gasteiger partial charge in [0, 0.05) is 40.7 Å². The van der Waals surface area contributed by atoms with Crippen LogP contribution in [0.1, 0.15) is 29.4 Å². The molecular formula is C26H29N7S. The van der Waals surface area contributed by atoms with Gasteiger partial charge in [0.2, 0.25) is 11.9 Å². The fraction of sp³-hybridized carbons (Fsp3) is 0.231. The molecule has 4 N–H and O–H groups in total. The summed E-state index contributed by atoms with van der Waals surface area (Å²) in [5.41, 5.74) is 6.27. The Morgan fingerprint density at radius 3 is 2.50 bits per heavy atom. The van der Waals surface area contributed by atoms with Crippen molar-refractivity contribution < 1.29 is 0 Å². The summed E-state index contributed by atoms with van der Waals surface area (Å²) in [5.74, 6) is 0.976. The number of benzene rings is 2. The van der Waals surface area contributed by atoms with E-state index in [1.807, 2.05) is 56.4 Å². The fourth-order valence-electron chi connectivity index (χ4n) is 3.84. The summed E-state index contributed by atoms with van der Waals surface area (Å²) in [6.07, 6.45) is 3.73. The Hall–Kier alpha value is -3.78. The van der Waals surface area contributed by atoms with Crippen LogP contribution < -0.4 is 16.0 Å². The molecule has 2 aromatic heterocycles. The molecule has 0 bridgehead atoms. The van der Waals surface area contributed by atoms with Crippen molar-refractivity contribution in [2.75, 3.05) is 17.2 Å². The molecule has 4 rings (SSSR count). The monoisotopic (exact) mass is 471 g/mol. The highest BCUT2D eigenvalue weighted by Crippen LogP contribution is 2.18. The lowest BCUT2D eigenvalue weighted by Gasteiger charge is -2.16. The molecular weight excluding hydrogens is 442 g/mol. The van der Waals surface area contributed by atoms with Crippen LogP contribution in [-0.2, 0) is 12.8 Å². The van der Waals surface area contributed by atoms with E-state index in [0.717, 1.165) is 35.4 Å². The Morgan fingerprint density at radius 1 is 0.971 bits per heavy atom. The third-order valence-electron chi connectivity index (χ3n) is 5.42. The van der Waals surface area contributed by atoms with Gasteiger partial charge in [-0.15, -0.1) is 0 Å². The van der Waals surface area contributed by atoms with Gasteiger partial charge in [0.05, 0.1) is 0 Å². The van der Waals surface area contributed by atoms with Crippen LogP contribution in [0.5, 0.6) is 0 Å². The number of rotatable bonds is 6. The number of thiocarbonyl (C=S) groups is 1. The van der Waals surface area contributed by atoms with Crippen molar-refractivity contribution in [3.8, 4) is 0 Å². The number of hydrogen-bond donors (Lipinski definition) is 4. The normalized spacial score (nSPS) is 11.4.